The Morgan fingerprint density at radius 3 is 0.917 bits per heavy atom. The molecule has 2 atom stereocenters. The van der Waals surface area contributed by atoms with Crippen molar-refractivity contribution in [3.05, 3.63) is 69.8 Å². The third-order valence-electron chi connectivity index (χ3n) is 7.42. The highest BCUT2D eigenvalue weighted by atomic mass is 16.4. The predicted molar refractivity (Wildman–Crippen MR) is 150 cm³/mol. The van der Waals surface area contributed by atoms with E-state index in [0.29, 0.717) is 11.1 Å². The summed E-state index contributed by atoms with van der Waals surface area (Å²) in [6, 6.07) is 11.6. The van der Waals surface area contributed by atoms with Gasteiger partial charge in [-0.1, -0.05) is 119 Å². The molecule has 0 spiro atoms. The van der Waals surface area contributed by atoms with Crippen molar-refractivity contribution in [2.75, 3.05) is 13.2 Å². The average molecular weight is 499 g/mol. The summed E-state index contributed by atoms with van der Waals surface area (Å²) in [7, 11) is 0. The smallest absolute Gasteiger partial charge is 0.148 e. The molecular formula is C32H50O4. The maximum absolute atomic E-state index is 12.3. The molecule has 0 bridgehead atoms. The van der Waals surface area contributed by atoms with Gasteiger partial charge in [-0.3, -0.25) is 0 Å². The number of aliphatic hydroxyl groups is 4. The minimum absolute atomic E-state index is 0.120. The first-order chi connectivity index (χ1) is 16.0. The zero-order valence-electron chi connectivity index (χ0n) is 24.7. The van der Waals surface area contributed by atoms with E-state index in [1.807, 2.05) is 53.7 Å². The Morgan fingerprint density at radius 1 is 0.444 bits per heavy atom. The molecule has 0 aliphatic heterocycles. The molecule has 0 radical (unpaired) electrons. The van der Waals surface area contributed by atoms with Gasteiger partial charge in [-0.2, -0.15) is 0 Å². The van der Waals surface area contributed by atoms with E-state index in [-0.39, 0.29) is 21.7 Å². The van der Waals surface area contributed by atoms with E-state index in [1.54, 1.807) is 12.1 Å². The van der Waals surface area contributed by atoms with Gasteiger partial charge in [0.05, 0.1) is 13.2 Å². The fraction of sp³-hybridized carbons (Fsp3) is 0.625. The maximum Gasteiger partial charge on any atom is 0.148 e. The molecule has 36 heavy (non-hydrogen) atoms. The molecule has 202 valence electrons. The fourth-order valence-corrected chi connectivity index (χ4v) is 4.86. The van der Waals surface area contributed by atoms with Crippen LogP contribution in [0.15, 0.2) is 36.4 Å². The monoisotopic (exact) mass is 498 g/mol. The van der Waals surface area contributed by atoms with E-state index in [2.05, 4.69) is 53.7 Å². The van der Waals surface area contributed by atoms with Gasteiger partial charge >= 0.3 is 0 Å². The van der Waals surface area contributed by atoms with Gasteiger partial charge in [-0.05, 0) is 55.0 Å². The van der Waals surface area contributed by atoms with Crippen LogP contribution in [-0.2, 0) is 32.9 Å². The molecule has 0 heterocycles. The van der Waals surface area contributed by atoms with Crippen molar-refractivity contribution in [3.8, 4) is 0 Å². The second-order valence-electron chi connectivity index (χ2n) is 14.6. The van der Waals surface area contributed by atoms with E-state index >= 15 is 0 Å². The Hall–Kier alpha value is -1.72. The summed E-state index contributed by atoms with van der Waals surface area (Å²) >= 11 is 0. The normalized spacial score (nSPS) is 17.0. The zero-order valence-corrected chi connectivity index (χ0v) is 24.7. The zero-order chi connectivity index (χ0) is 28.1. The second kappa shape index (κ2) is 9.54. The van der Waals surface area contributed by atoms with Crippen molar-refractivity contribution >= 4 is 0 Å². The van der Waals surface area contributed by atoms with Crippen LogP contribution in [0, 0.1) is 0 Å². The van der Waals surface area contributed by atoms with Crippen LogP contribution in [-0.4, -0.2) is 33.6 Å². The third kappa shape index (κ3) is 5.57. The van der Waals surface area contributed by atoms with E-state index in [0.717, 1.165) is 22.3 Å². The highest BCUT2D eigenvalue weighted by Crippen LogP contribution is 2.48. The minimum atomic E-state index is -2.15. The van der Waals surface area contributed by atoms with Crippen molar-refractivity contribution in [1.29, 1.82) is 0 Å². The predicted octanol–water partition coefficient (Wildman–Crippen LogP) is 5.94. The number of aliphatic hydroxyl groups excluding tert-OH is 2. The molecule has 0 aliphatic carbocycles. The van der Waals surface area contributed by atoms with Crippen LogP contribution in [0.5, 0.6) is 0 Å². The van der Waals surface area contributed by atoms with Crippen LogP contribution in [0.4, 0.5) is 0 Å². The highest BCUT2D eigenvalue weighted by Gasteiger charge is 2.54. The molecule has 2 aromatic rings. The Morgan fingerprint density at radius 2 is 0.722 bits per heavy atom. The Kier molecular flexibility index (Phi) is 8.09. The Bertz CT molecular complexity index is 986. The largest absolute Gasteiger partial charge is 0.393 e. The van der Waals surface area contributed by atoms with E-state index in [4.69, 9.17) is 0 Å². The van der Waals surface area contributed by atoms with Gasteiger partial charge < -0.3 is 20.4 Å². The number of hydrogen-bond donors (Lipinski definition) is 4. The molecule has 2 aromatic carbocycles. The lowest BCUT2D eigenvalue weighted by atomic mass is 9.65. The van der Waals surface area contributed by atoms with Crippen molar-refractivity contribution in [2.24, 2.45) is 0 Å². The molecule has 0 saturated heterocycles. The summed E-state index contributed by atoms with van der Waals surface area (Å²) in [5.74, 6) is 0. The number of benzene rings is 2. The molecule has 0 aliphatic rings. The van der Waals surface area contributed by atoms with Gasteiger partial charge in [-0.15, -0.1) is 0 Å². The SMILES string of the molecule is CC(C)(C)c1ccc([C@](O)(CO)[C@](O)(CO)c2ccc(C(C)(C)C)cc2C(C)(C)C)c(C(C)(C)C)c1. The van der Waals surface area contributed by atoms with E-state index < -0.39 is 24.4 Å². The lowest BCUT2D eigenvalue weighted by Crippen LogP contribution is -2.56. The molecule has 0 aromatic heterocycles. The Labute approximate surface area is 219 Å². The summed E-state index contributed by atoms with van der Waals surface area (Å²) in [6.45, 7) is 23.5. The van der Waals surface area contributed by atoms with Gasteiger partial charge in [-0.25, -0.2) is 0 Å². The summed E-state index contributed by atoms with van der Waals surface area (Å²) in [5.41, 5.74) is -0.654. The molecule has 0 saturated carbocycles. The van der Waals surface area contributed by atoms with Gasteiger partial charge in [0.1, 0.15) is 11.2 Å². The molecule has 4 nitrogen and oxygen atoms in total. The molecule has 4 N–H and O–H groups in total. The first-order valence-corrected chi connectivity index (χ1v) is 13.0. The summed E-state index contributed by atoms with van der Waals surface area (Å²) < 4.78 is 0. The van der Waals surface area contributed by atoms with Crippen molar-refractivity contribution in [2.45, 2.75) is 116 Å². The van der Waals surface area contributed by atoms with Gasteiger partial charge in [0, 0.05) is 0 Å². The standard InChI is InChI=1S/C32H50O4/c1-27(2,3)21-13-15-23(25(17-21)29(7,8)9)31(35,19-33)32(36,20-34)24-16-14-22(28(4,5)6)18-26(24)30(10,11)12/h13-18,33-36H,19-20H2,1-12H3/t31-,32+. The highest BCUT2D eigenvalue weighted by molar-refractivity contribution is 5.49. The lowest BCUT2D eigenvalue weighted by Gasteiger charge is -2.46. The molecule has 0 unspecified atom stereocenters. The average Bonchev–Trinajstić information content (AvgIpc) is 2.74. The molecule has 4 heteroatoms. The van der Waals surface area contributed by atoms with Crippen LogP contribution in [0.3, 0.4) is 0 Å². The van der Waals surface area contributed by atoms with Crippen LogP contribution < -0.4 is 0 Å². The summed E-state index contributed by atoms with van der Waals surface area (Å²) in [4.78, 5) is 0. The summed E-state index contributed by atoms with van der Waals surface area (Å²) in [6.07, 6.45) is 0. The minimum Gasteiger partial charge on any atom is -0.393 e. The summed E-state index contributed by atoms with van der Waals surface area (Å²) in [5, 5.41) is 46.0. The van der Waals surface area contributed by atoms with Crippen LogP contribution in [0.1, 0.15) is 116 Å². The van der Waals surface area contributed by atoms with Crippen LogP contribution in [0.2, 0.25) is 0 Å². The maximum atomic E-state index is 12.3. The second-order valence-corrected chi connectivity index (χ2v) is 14.6. The topological polar surface area (TPSA) is 80.9 Å². The third-order valence-corrected chi connectivity index (χ3v) is 7.42. The fourth-order valence-electron chi connectivity index (χ4n) is 4.86. The van der Waals surface area contributed by atoms with Crippen molar-refractivity contribution in [3.63, 3.8) is 0 Å². The number of rotatable bonds is 5. The van der Waals surface area contributed by atoms with Crippen LogP contribution >= 0.6 is 0 Å². The van der Waals surface area contributed by atoms with Crippen molar-refractivity contribution in [1.82, 2.24) is 0 Å². The number of hydrogen-bond acceptors (Lipinski definition) is 4. The van der Waals surface area contributed by atoms with E-state index in [1.165, 1.54) is 0 Å². The molecular weight excluding hydrogens is 448 g/mol. The van der Waals surface area contributed by atoms with Gasteiger partial charge in [0.25, 0.3) is 0 Å². The first kappa shape index (κ1) is 30.5. The molecule has 2 rings (SSSR count). The molecule has 0 amide bonds. The van der Waals surface area contributed by atoms with Gasteiger partial charge in [0.15, 0.2) is 0 Å². The first-order valence-electron chi connectivity index (χ1n) is 13.0. The van der Waals surface area contributed by atoms with E-state index in [9.17, 15) is 20.4 Å². The lowest BCUT2D eigenvalue weighted by molar-refractivity contribution is -0.204. The Balaban J connectivity index is 2.97. The van der Waals surface area contributed by atoms with Gasteiger partial charge in [0.2, 0.25) is 0 Å². The van der Waals surface area contributed by atoms with Crippen molar-refractivity contribution < 1.29 is 20.4 Å². The van der Waals surface area contributed by atoms with Crippen LogP contribution in [0.25, 0.3) is 0 Å². The molecule has 0 fully saturated rings. The quantitative estimate of drug-likeness (QED) is 0.411.